The van der Waals surface area contributed by atoms with Gasteiger partial charge in [-0.25, -0.2) is 9.59 Å². The van der Waals surface area contributed by atoms with Crippen LogP contribution in [0.15, 0.2) is 24.3 Å². The standard InChI is InChI=1S/C15H18N2O3/c18-14(19)13-9-11-5-1-2-6-12(11)10-17(13)15(20)16-7-3-4-8-16/h1-2,5-6,13H,3-4,7-10H2,(H,18,19). The minimum absolute atomic E-state index is 0.135. The van der Waals surface area contributed by atoms with Gasteiger partial charge in [0.15, 0.2) is 0 Å². The molecule has 0 bridgehead atoms. The molecule has 1 atom stereocenters. The molecule has 3 rings (SSSR count). The van der Waals surface area contributed by atoms with Crippen molar-refractivity contribution in [3.8, 4) is 0 Å². The highest BCUT2D eigenvalue weighted by molar-refractivity contribution is 5.83. The number of carbonyl (C=O) groups excluding carboxylic acids is 1. The smallest absolute Gasteiger partial charge is 0.326 e. The van der Waals surface area contributed by atoms with Gasteiger partial charge >= 0.3 is 12.0 Å². The lowest BCUT2D eigenvalue weighted by Gasteiger charge is -2.36. The Morgan fingerprint density at radius 1 is 1.10 bits per heavy atom. The molecule has 0 radical (unpaired) electrons. The summed E-state index contributed by atoms with van der Waals surface area (Å²) in [5, 5.41) is 9.41. The van der Waals surface area contributed by atoms with Crippen molar-refractivity contribution in [3.63, 3.8) is 0 Å². The zero-order valence-electron chi connectivity index (χ0n) is 11.3. The number of benzene rings is 1. The predicted molar refractivity (Wildman–Crippen MR) is 73.3 cm³/mol. The summed E-state index contributed by atoms with van der Waals surface area (Å²) in [6.45, 7) is 1.87. The number of fused-ring (bicyclic) bond motifs is 1. The maximum absolute atomic E-state index is 12.5. The van der Waals surface area contributed by atoms with Gasteiger partial charge in [-0.1, -0.05) is 24.3 Å². The monoisotopic (exact) mass is 274 g/mol. The van der Waals surface area contributed by atoms with Crippen molar-refractivity contribution >= 4 is 12.0 Å². The number of amides is 2. The lowest BCUT2D eigenvalue weighted by Crippen LogP contribution is -2.52. The Kier molecular flexibility index (Phi) is 3.34. The van der Waals surface area contributed by atoms with Crippen molar-refractivity contribution in [2.45, 2.75) is 31.8 Å². The van der Waals surface area contributed by atoms with E-state index in [1.54, 1.807) is 4.90 Å². The second-order valence-electron chi connectivity index (χ2n) is 5.43. The third-order valence-corrected chi connectivity index (χ3v) is 4.16. The van der Waals surface area contributed by atoms with Gasteiger partial charge in [0.25, 0.3) is 0 Å². The van der Waals surface area contributed by atoms with Crippen LogP contribution in [0.1, 0.15) is 24.0 Å². The summed E-state index contributed by atoms with van der Waals surface area (Å²) in [7, 11) is 0. The first-order valence-corrected chi connectivity index (χ1v) is 7.02. The first kappa shape index (κ1) is 13.0. The van der Waals surface area contributed by atoms with Crippen molar-refractivity contribution in [2.75, 3.05) is 13.1 Å². The molecule has 5 nitrogen and oxygen atoms in total. The molecular weight excluding hydrogens is 256 g/mol. The molecule has 0 aromatic heterocycles. The van der Waals surface area contributed by atoms with Gasteiger partial charge in [-0.2, -0.15) is 0 Å². The van der Waals surface area contributed by atoms with Crippen LogP contribution in [-0.2, 0) is 17.8 Å². The molecule has 1 unspecified atom stereocenters. The zero-order valence-corrected chi connectivity index (χ0v) is 11.3. The summed E-state index contributed by atoms with van der Waals surface area (Å²) in [5.74, 6) is -0.924. The van der Waals surface area contributed by atoms with Crippen LogP contribution in [0.4, 0.5) is 4.79 Å². The van der Waals surface area contributed by atoms with Crippen LogP contribution in [0.2, 0.25) is 0 Å². The molecule has 2 heterocycles. The zero-order chi connectivity index (χ0) is 14.1. The highest BCUT2D eigenvalue weighted by Gasteiger charge is 2.36. The van der Waals surface area contributed by atoms with E-state index in [4.69, 9.17) is 0 Å². The van der Waals surface area contributed by atoms with Crippen LogP contribution in [0.3, 0.4) is 0 Å². The fourth-order valence-electron chi connectivity index (χ4n) is 3.03. The molecule has 5 heteroatoms. The Morgan fingerprint density at radius 2 is 1.75 bits per heavy atom. The van der Waals surface area contributed by atoms with Gasteiger partial charge in [0.1, 0.15) is 6.04 Å². The van der Waals surface area contributed by atoms with Crippen molar-refractivity contribution < 1.29 is 14.7 Å². The van der Waals surface area contributed by atoms with Gasteiger partial charge < -0.3 is 14.9 Å². The molecule has 2 amide bonds. The highest BCUT2D eigenvalue weighted by Crippen LogP contribution is 2.25. The second-order valence-corrected chi connectivity index (χ2v) is 5.43. The Labute approximate surface area is 117 Å². The van der Waals surface area contributed by atoms with E-state index in [0.717, 1.165) is 37.1 Å². The van der Waals surface area contributed by atoms with Crippen LogP contribution in [-0.4, -0.2) is 46.0 Å². The number of carboxylic acid groups (broad SMARTS) is 1. The third-order valence-electron chi connectivity index (χ3n) is 4.16. The minimum Gasteiger partial charge on any atom is -0.480 e. The van der Waals surface area contributed by atoms with Gasteiger partial charge in [-0.3, -0.25) is 0 Å². The summed E-state index contributed by atoms with van der Waals surface area (Å²) in [4.78, 5) is 27.3. The molecule has 106 valence electrons. The lowest BCUT2D eigenvalue weighted by molar-refractivity contribution is -0.142. The Hall–Kier alpha value is -2.04. The maximum atomic E-state index is 12.5. The molecule has 0 aliphatic carbocycles. The second kappa shape index (κ2) is 5.15. The van der Waals surface area contributed by atoms with Crippen LogP contribution >= 0.6 is 0 Å². The molecule has 1 aromatic carbocycles. The summed E-state index contributed by atoms with van der Waals surface area (Å²) < 4.78 is 0. The number of carboxylic acids is 1. The number of nitrogens with zero attached hydrogens (tertiary/aromatic N) is 2. The molecular formula is C15H18N2O3. The average molecular weight is 274 g/mol. The number of hydrogen-bond acceptors (Lipinski definition) is 2. The van der Waals surface area contributed by atoms with Gasteiger partial charge in [-0.15, -0.1) is 0 Å². The number of urea groups is 1. The van der Waals surface area contributed by atoms with Crippen LogP contribution in [0, 0.1) is 0 Å². The lowest BCUT2D eigenvalue weighted by atomic mass is 9.94. The number of hydrogen-bond donors (Lipinski definition) is 1. The largest absolute Gasteiger partial charge is 0.480 e. The Bertz CT molecular complexity index is 538. The van der Waals surface area contributed by atoms with E-state index in [9.17, 15) is 14.7 Å². The quantitative estimate of drug-likeness (QED) is 0.848. The summed E-state index contributed by atoms with van der Waals surface area (Å²) in [6, 6.07) is 6.87. The summed E-state index contributed by atoms with van der Waals surface area (Å²) in [6.07, 6.45) is 2.41. The van der Waals surface area contributed by atoms with Gasteiger partial charge in [0.05, 0.1) is 0 Å². The van der Waals surface area contributed by atoms with E-state index in [2.05, 4.69) is 0 Å². The fraction of sp³-hybridized carbons (Fsp3) is 0.467. The molecule has 1 N–H and O–H groups in total. The summed E-state index contributed by atoms with van der Waals surface area (Å²) in [5.41, 5.74) is 2.09. The molecule has 1 aromatic rings. The Balaban J connectivity index is 1.88. The van der Waals surface area contributed by atoms with E-state index < -0.39 is 12.0 Å². The molecule has 0 saturated carbocycles. The number of likely N-dealkylation sites (tertiary alicyclic amines) is 1. The van der Waals surface area contributed by atoms with E-state index in [-0.39, 0.29) is 6.03 Å². The number of rotatable bonds is 1. The van der Waals surface area contributed by atoms with E-state index in [1.165, 1.54) is 4.90 Å². The first-order valence-electron chi connectivity index (χ1n) is 7.02. The fourth-order valence-corrected chi connectivity index (χ4v) is 3.03. The van der Waals surface area contributed by atoms with Crippen molar-refractivity contribution in [1.82, 2.24) is 9.80 Å². The highest BCUT2D eigenvalue weighted by atomic mass is 16.4. The first-order chi connectivity index (χ1) is 9.66. The van der Waals surface area contributed by atoms with E-state index >= 15 is 0 Å². The molecule has 1 saturated heterocycles. The van der Waals surface area contributed by atoms with Crippen molar-refractivity contribution in [2.24, 2.45) is 0 Å². The molecule has 1 fully saturated rings. The predicted octanol–water partition coefficient (Wildman–Crippen LogP) is 1.71. The Morgan fingerprint density at radius 3 is 2.40 bits per heavy atom. The summed E-state index contributed by atoms with van der Waals surface area (Å²) >= 11 is 0. The van der Waals surface area contributed by atoms with Crippen LogP contribution in [0.5, 0.6) is 0 Å². The molecule has 2 aliphatic rings. The SMILES string of the molecule is O=C(O)C1Cc2ccccc2CN1C(=O)N1CCCC1. The van der Waals surface area contributed by atoms with E-state index in [0.29, 0.717) is 13.0 Å². The van der Waals surface area contributed by atoms with Gasteiger partial charge in [0.2, 0.25) is 0 Å². The van der Waals surface area contributed by atoms with Gasteiger partial charge in [0, 0.05) is 26.1 Å². The number of carbonyl (C=O) groups is 2. The minimum atomic E-state index is -0.924. The number of aliphatic carboxylic acids is 1. The van der Waals surface area contributed by atoms with Gasteiger partial charge in [-0.05, 0) is 24.0 Å². The van der Waals surface area contributed by atoms with Crippen molar-refractivity contribution in [1.29, 1.82) is 0 Å². The molecule has 2 aliphatic heterocycles. The average Bonchev–Trinajstić information content (AvgIpc) is 2.99. The van der Waals surface area contributed by atoms with Crippen molar-refractivity contribution in [3.05, 3.63) is 35.4 Å². The van der Waals surface area contributed by atoms with Crippen LogP contribution in [0.25, 0.3) is 0 Å². The topological polar surface area (TPSA) is 60.9 Å². The molecule has 20 heavy (non-hydrogen) atoms. The van der Waals surface area contributed by atoms with Crippen LogP contribution < -0.4 is 0 Å². The normalized spacial score (nSPS) is 21.7. The van der Waals surface area contributed by atoms with E-state index in [1.807, 2.05) is 24.3 Å². The molecule has 0 spiro atoms. The maximum Gasteiger partial charge on any atom is 0.326 e. The third kappa shape index (κ3) is 2.24.